The van der Waals surface area contributed by atoms with Gasteiger partial charge < -0.3 is 14.7 Å². The molecule has 224 valence electrons. The van der Waals surface area contributed by atoms with Crippen LogP contribution in [0.5, 0.6) is 0 Å². The summed E-state index contributed by atoms with van der Waals surface area (Å²) in [6, 6.07) is 45.7. The third-order valence-electron chi connectivity index (χ3n) is 11.9. The summed E-state index contributed by atoms with van der Waals surface area (Å²) in [4.78, 5) is 7.82. The third kappa shape index (κ3) is 2.86. The normalized spacial score (nSPS) is 15.9. The molecule has 0 unspecified atom stereocenters. The molecular weight excluding hydrogens is 591 g/mol. The minimum absolute atomic E-state index is 0.0542. The second-order valence-electron chi connectivity index (χ2n) is 13.9. The number of rotatable bonds is 2. The van der Waals surface area contributed by atoms with Gasteiger partial charge in [-0.25, -0.2) is 0 Å². The first kappa shape index (κ1) is 26.1. The monoisotopic (exact) mass is 619 g/mol. The molecule has 0 N–H and O–H groups in total. The van der Waals surface area contributed by atoms with Crippen molar-refractivity contribution in [2.75, 3.05) is 14.7 Å². The highest BCUT2D eigenvalue weighted by atomic mass is 15.2. The fraction of sp³-hybridized carbons (Fsp3) is 0.0233. The van der Waals surface area contributed by atoms with E-state index >= 15 is 0 Å². The standard InChI is InChI=1S/C43H28B3N3/c1-3-15-32-26(4-2)44-27-16-5-10-21-33(27)48-35-23-12-7-18-29(35)46-31-20-9-14-25-37(31)49-36-24-13-8-19-30(36)45-28-17-6-11-22-34(28)47(32)41-38(44)42(48)40(46)43(49)39(41)45/h3-25H,2H2,1H3/b15-3-. The van der Waals surface area contributed by atoms with Crippen LogP contribution in [0.15, 0.2) is 157 Å². The van der Waals surface area contributed by atoms with Gasteiger partial charge in [0.2, 0.25) is 0 Å². The SMILES string of the molecule is C=CC1=C(/C=C\C)N2c3ccccc3B3c4ccccc4N4c5ccccc5B5c6ccccc6N6c7ccccc7B1c1c2c3c4c5c16. The smallest absolute Gasteiger partial charge is 0.252 e. The Kier molecular flexibility index (Phi) is 4.79. The summed E-state index contributed by atoms with van der Waals surface area (Å²) in [6.07, 6.45) is 6.64. The maximum atomic E-state index is 4.51. The van der Waals surface area contributed by atoms with Crippen molar-refractivity contribution >= 4 is 109 Å². The summed E-state index contributed by atoms with van der Waals surface area (Å²) in [5.74, 6) is 0. The number of hydrogen-bond acceptors (Lipinski definition) is 3. The van der Waals surface area contributed by atoms with Crippen LogP contribution in [0.25, 0.3) is 0 Å². The largest absolute Gasteiger partial charge is 0.312 e. The number of allylic oxidation sites excluding steroid dienone is 4. The molecule has 12 rings (SSSR count). The first-order chi connectivity index (χ1) is 24.3. The van der Waals surface area contributed by atoms with Gasteiger partial charge in [0.05, 0.1) is 0 Å². The van der Waals surface area contributed by atoms with Crippen molar-refractivity contribution in [1.29, 1.82) is 0 Å². The van der Waals surface area contributed by atoms with Gasteiger partial charge in [-0.3, -0.25) is 0 Å². The molecule has 6 heterocycles. The molecule has 0 fully saturated rings. The first-order valence-corrected chi connectivity index (χ1v) is 17.4. The molecule has 3 nitrogen and oxygen atoms in total. The van der Waals surface area contributed by atoms with Crippen LogP contribution < -0.4 is 58.4 Å². The van der Waals surface area contributed by atoms with Crippen LogP contribution in [0.3, 0.4) is 0 Å². The summed E-state index contributed by atoms with van der Waals surface area (Å²) in [5.41, 5.74) is 23.9. The van der Waals surface area contributed by atoms with Gasteiger partial charge in [0, 0.05) is 51.2 Å². The third-order valence-corrected chi connectivity index (χ3v) is 11.9. The van der Waals surface area contributed by atoms with Crippen LogP contribution in [0, 0.1) is 0 Å². The van der Waals surface area contributed by atoms with E-state index in [0.717, 1.165) is 0 Å². The second-order valence-corrected chi connectivity index (χ2v) is 13.9. The maximum Gasteiger partial charge on any atom is 0.252 e. The summed E-state index contributed by atoms with van der Waals surface area (Å²) in [7, 11) is 0. The van der Waals surface area contributed by atoms with Crippen molar-refractivity contribution in [3.8, 4) is 0 Å². The highest BCUT2D eigenvalue weighted by Gasteiger charge is 2.57. The Labute approximate surface area is 287 Å². The Bertz CT molecular complexity index is 2580. The van der Waals surface area contributed by atoms with E-state index in [9.17, 15) is 0 Å². The summed E-state index contributed by atoms with van der Waals surface area (Å²) in [6.45, 7) is 6.92. The number of fused-ring (bicyclic) bond motifs is 15. The molecule has 0 radical (unpaired) electrons. The summed E-state index contributed by atoms with van der Waals surface area (Å²) < 4.78 is 0. The summed E-state index contributed by atoms with van der Waals surface area (Å²) >= 11 is 0. The molecule has 0 aliphatic carbocycles. The average Bonchev–Trinajstić information content (AvgIpc) is 3.16. The number of hydrogen-bond donors (Lipinski definition) is 0. The van der Waals surface area contributed by atoms with E-state index in [1.807, 2.05) is 0 Å². The van der Waals surface area contributed by atoms with Crippen LogP contribution in [-0.4, -0.2) is 20.1 Å². The topological polar surface area (TPSA) is 9.72 Å². The van der Waals surface area contributed by atoms with Crippen molar-refractivity contribution in [3.63, 3.8) is 0 Å². The van der Waals surface area contributed by atoms with Crippen molar-refractivity contribution in [1.82, 2.24) is 0 Å². The molecule has 0 amide bonds. The highest BCUT2D eigenvalue weighted by Crippen LogP contribution is 2.51. The zero-order valence-electron chi connectivity index (χ0n) is 27.1. The Hall–Kier alpha value is -5.87. The van der Waals surface area contributed by atoms with Crippen LogP contribution >= 0.6 is 0 Å². The van der Waals surface area contributed by atoms with Gasteiger partial charge in [0.15, 0.2) is 0 Å². The zero-order valence-corrected chi connectivity index (χ0v) is 27.1. The van der Waals surface area contributed by atoms with Crippen LogP contribution in [0.1, 0.15) is 6.92 Å². The van der Waals surface area contributed by atoms with E-state index in [2.05, 4.69) is 168 Å². The van der Waals surface area contributed by atoms with E-state index in [1.54, 1.807) is 0 Å². The van der Waals surface area contributed by atoms with Crippen LogP contribution in [0.4, 0.5) is 45.5 Å². The fourth-order valence-electron chi connectivity index (χ4n) is 10.4. The molecular formula is C43H28B3N3. The number of para-hydroxylation sites is 5. The van der Waals surface area contributed by atoms with E-state index < -0.39 is 0 Å². The number of anilines is 8. The Morgan fingerprint density at radius 2 is 0.776 bits per heavy atom. The number of benzene rings is 6. The lowest BCUT2D eigenvalue weighted by Gasteiger charge is -2.55. The van der Waals surface area contributed by atoms with Gasteiger partial charge in [-0.15, -0.1) is 0 Å². The zero-order chi connectivity index (χ0) is 32.1. The van der Waals surface area contributed by atoms with Crippen molar-refractivity contribution in [2.24, 2.45) is 0 Å². The fourth-order valence-corrected chi connectivity index (χ4v) is 10.4. The minimum atomic E-state index is 0.0542. The minimum Gasteiger partial charge on any atom is -0.312 e. The van der Waals surface area contributed by atoms with E-state index in [-0.39, 0.29) is 20.1 Å². The van der Waals surface area contributed by atoms with Crippen LogP contribution in [-0.2, 0) is 0 Å². The lowest BCUT2D eigenvalue weighted by Crippen LogP contribution is -2.73. The summed E-state index contributed by atoms with van der Waals surface area (Å²) in [5, 5.41) is 0. The molecule has 0 saturated carbocycles. The van der Waals surface area contributed by atoms with Gasteiger partial charge in [-0.1, -0.05) is 110 Å². The quantitative estimate of drug-likeness (QED) is 0.264. The van der Waals surface area contributed by atoms with Crippen LogP contribution in [0.2, 0.25) is 0 Å². The highest BCUT2D eigenvalue weighted by molar-refractivity contribution is 7.07. The lowest BCUT2D eigenvalue weighted by molar-refractivity contribution is 1.18. The second kappa shape index (κ2) is 8.97. The number of nitrogens with zero attached hydrogens (tertiary/aromatic N) is 3. The van der Waals surface area contributed by atoms with Crippen molar-refractivity contribution < 1.29 is 0 Å². The predicted octanol–water partition coefficient (Wildman–Crippen LogP) is 4.54. The Morgan fingerprint density at radius 1 is 0.449 bits per heavy atom. The van der Waals surface area contributed by atoms with Gasteiger partial charge in [0.25, 0.3) is 20.1 Å². The van der Waals surface area contributed by atoms with E-state index in [0.29, 0.717) is 0 Å². The molecule has 6 aliphatic rings. The van der Waals surface area contributed by atoms with Gasteiger partial charge >= 0.3 is 0 Å². The van der Waals surface area contributed by atoms with Gasteiger partial charge in [-0.05, 0) is 92.5 Å². The molecule has 0 bridgehead atoms. The Balaban J connectivity index is 1.37. The van der Waals surface area contributed by atoms with Gasteiger partial charge in [0.1, 0.15) is 0 Å². The first-order valence-electron chi connectivity index (χ1n) is 17.4. The Morgan fingerprint density at radius 3 is 1.16 bits per heavy atom. The maximum absolute atomic E-state index is 4.51. The lowest BCUT2D eigenvalue weighted by atomic mass is 9.24. The van der Waals surface area contributed by atoms with Gasteiger partial charge in [-0.2, -0.15) is 0 Å². The molecule has 0 spiro atoms. The molecule has 6 aliphatic heterocycles. The molecule has 6 aromatic carbocycles. The molecule has 0 atom stereocenters. The molecule has 49 heavy (non-hydrogen) atoms. The van der Waals surface area contributed by atoms with E-state index in [4.69, 9.17) is 0 Å². The molecule has 6 heteroatoms. The van der Waals surface area contributed by atoms with E-state index in [1.165, 1.54) is 100 Å². The predicted molar refractivity (Wildman–Crippen MR) is 211 cm³/mol. The molecule has 0 saturated heterocycles. The van der Waals surface area contributed by atoms with Crippen molar-refractivity contribution in [3.05, 3.63) is 157 Å². The van der Waals surface area contributed by atoms with Crippen molar-refractivity contribution in [2.45, 2.75) is 6.92 Å². The molecule has 0 aromatic heterocycles. The molecule has 6 aromatic rings. The average molecular weight is 619 g/mol.